The number of amides is 2. The maximum absolute atomic E-state index is 15.8. The van der Waals surface area contributed by atoms with Crippen LogP contribution in [0.5, 0.6) is 0 Å². The minimum absolute atomic E-state index is 0.0975. The lowest BCUT2D eigenvalue weighted by Crippen LogP contribution is -2.50. The van der Waals surface area contributed by atoms with Gasteiger partial charge in [0.2, 0.25) is 5.91 Å². The summed E-state index contributed by atoms with van der Waals surface area (Å²) in [7, 11) is -1.38. The molecule has 2 fully saturated rings. The zero-order valence-corrected chi connectivity index (χ0v) is 29.2. The highest BCUT2D eigenvalue weighted by atomic mass is 35.5. The number of carbonyl (C=O) groups is 2. The molecule has 3 aromatic rings. The van der Waals surface area contributed by atoms with Crippen molar-refractivity contribution in [3.8, 4) is 11.3 Å². The molecule has 1 aromatic heterocycles. The van der Waals surface area contributed by atoms with Gasteiger partial charge < -0.3 is 19.1 Å². The molecule has 1 N–H and O–H groups in total. The highest BCUT2D eigenvalue weighted by Gasteiger charge is 2.31. The SMILES string of the molecule is CCN(CC)CC1CN(C(=O)Cn2c(-c3ccc(Cl)cc3F)c(C3CCCCC3)c3ccc(C(=O)NS(=O)(=O)N(C)C)cc32)CCO1. The molecular formula is C34H45ClFN5O5S. The Hall–Kier alpha value is -3.03. The molecule has 0 radical (unpaired) electrons. The molecule has 2 aliphatic rings. The number of aromatic nitrogens is 1. The van der Waals surface area contributed by atoms with E-state index in [1.165, 1.54) is 20.2 Å². The van der Waals surface area contributed by atoms with Crippen molar-refractivity contribution in [2.75, 3.05) is 53.4 Å². The minimum atomic E-state index is -4.04. The summed E-state index contributed by atoms with van der Waals surface area (Å²) in [4.78, 5) is 31.4. The molecule has 256 valence electrons. The molecule has 1 saturated carbocycles. The third-order valence-electron chi connectivity index (χ3n) is 9.41. The van der Waals surface area contributed by atoms with Crippen LogP contribution in [0.1, 0.15) is 67.8 Å². The zero-order valence-electron chi connectivity index (χ0n) is 27.6. The summed E-state index contributed by atoms with van der Waals surface area (Å²) >= 11 is 6.18. The largest absolute Gasteiger partial charge is 0.373 e. The van der Waals surface area contributed by atoms with Gasteiger partial charge in [-0.15, -0.1) is 0 Å². The number of ether oxygens (including phenoxy) is 1. The fourth-order valence-corrected chi connectivity index (χ4v) is 7.48. The quantitative estimate of drug-likeness (QED) is 0.295. The van der Waals surface area contributed by atoms with E-state index in [4.69, 9.17) is 16.3 Å². The third kappa shape index (κ3) is 7.83. The Balaban J connectivity index is 1.64. The van der Waals surface area contributed by atoms with Gasteiger partial charge in [-0.2, -0.15) is 12.7 Å². The average molecular weight is 690 g/mol. The van der Waals surface area contributed by atoms with Crippen molar-refractivity contribution in [1.82, 2.24) is 23.4 Å². The fraction of sp³-hybridized carbons (Fsp3) is 0.529. The van der Waals surface area contributed by atoms with Crippen LogP contribution in [0.15, 0.2) is 36.4 Å². The second kappa shape index (κ2) is 15.0. The van der Waals surface area contributed by atoms with Crippen molar-refractivity contribution >= 4 is 44.5 Å². The summed E-state index contributed by atoms with van der Waals surface area (Å²) in [5.74, 6) is -1.34. The van der Waals surface area contributed by atoms with Gasteiger partial charge >= 0.3 is 10.2 Å². The van der Waals surface area contributed by atoms with Crippen molar-refractivity contribution in [2.45, 2.75) is 64.5 Å². The number of benzene rings is 2. The van der Waals surface area contributed by atoms with Crippen molar-refractivity contribution in [1.29, 1.82) is 0 Å². The highest BCUT2D eigenvalue weighted by Crippen LogP contribution is 2.45. The van der Waals surface area contributed by atoms with Gasteiger partial charge in [-0.25, -0.2) is 9.11 Å². The number of morpholine rings is 1. The van der Waals surface area contributed by atoms with Gasteiger partial charge in [0, 0.05) is 55.3 Å². The summed E-state index contributed by atoms with van der Waals surface area (Å²) < 4.78 is 51.6. The Bertz CT molecular complexity index is 1720. The second-order valence-electron chi connectivity index (χ2n) is 12.6. The summed E-state index contributed by atoms with van der Waals surface area (Å²) in [6.45, 7) is 7.85. The Morgan fingerprint density at radius 3 is 2.45 bits per heavy atom. The number of carbonyl (C=O) groups excluding carboxylic acids is 2. The van der Waals surface area contributed by atoms with Gasteiger partial charge in [0.05, 0.1) is 23.9 Å². The lowest BCUT2D eigenvalue weighted by Gasteiger charge is -2.35. The number of nitrogens with one attached hydrogen (secondary N) is 1. The van der Waals surface area contributed by atoms with Crippen LogP contribution in [-0.2, 0) is 26.3 Å². The predicted octanol–water partition coefficient (Wildman–Crippen LogP) is 5.25. The normalized spacial score (nSPS) is 18.0. The molecule has 2 heterocycles. The number of nitrogens with zero attached hydrogens (tertiary/aromatic N) is 4. The first kappa shape index (κ1) is 35.3. The molecule has 1 aliphatic carbocycles. The Kier molecular flexibility index (Phi) is 11.3. The Morgan fingerprint density at radius 1 is 1.06 bits per heavy atom. The maximum Gasteiger partial charge on any atom is 0.303 e. The van der Waals surface area contributed by atoms with Gasteiger partial charge in [-0.05, 0) is 67.7 Å². The number of likely N-dealkylation sites (N-methyl/N-ethyl adjacent to an activating group) is 1. The van der Waals surface area contributed by atoms with E-state index in [0.29, 0.717) is 43.0 Å². The number of hydrogen-bond acceptors (Lipinski definition) is 6. The number of fused-ring (bicyclic) bond motifs is 1. The third-order valence-corrected chi connectivity index (χ3v) is 11.0. The molecule has 0 spiro atoms. The first-order valence-corrected chi connectivity index (χ1v) is 18.2. The second-order valence-corrected chi connectivity index (χ2v) is 14.9. The predicted molar refractivity (Wildman–Crippen MR) is 182 cm³/mol. The zero-order chi connectivity index (χ0) is 33.9. The summed E-state index contributed by atoms with van der Waals surface area (Å²) in [6, 6.07) is 9.54. The van der Waals surface area contributed by atoms with E-state index in [9.17, 15) is 18.0 Å². The molecule has 1 saturated heterocycles. The molecule has 2 aromatic carbocycles. The lowest BCUT2D eigenvalue weighted by molar-refractivity contribution is -0.140. The highest BCUT2D eigenvalue weighted by molar-refractivity contribution is 7.87. The molecule has 1 unspecified atom stereocenters. The molecule has 10 nitrogen and oxygen atoms in total. The monoisotopic (exact) mass is 689 g/mol. The summed E-state index contributed by atoms with van der Waals surface area (Å²) in [5, 5.41) is 1.07. The van der Waals surface area contributed by atoms with Crippen molar-refractivity contribution in [3.63, 3.8) is 0 Å². The van der Waals surface area contributed by atoms with Crippen LogP contribution < -0.4 is 4.72 Å². The van der Waals surface area contributed by atoms with E-state index in [2.05, 4.69) is 23.5 Å². The van der Waals surface area contributed by atoms with Gasteiger partial charge in [-0.1, -0.05) is 50.8 Å². The van der Waals surface area contributed by atoms with Gasteiger partial charge in [-0.3, -0.25) is 9.59 Å². The van der Waals surface area contributed by atoms with Gasteiger partial charge in [0.1, 0.15) is 12.4 Å². The van der Waals surface area contributed by atoms with Crippen LogP contribution in [0.4, 0.5) is 4.39 Å². The Labute approximate surface area is 282 Å². The van der Waals surface area contributed by atoms with E-state index in [1.807, 2.05) is 0 Å². The van der Waals surface area contributed by atoms with E-state index in [-0.39, 0.29) is 35.1 Å². The molecule has 13 heteroatoms. The molecule has 2 amide bonds. The van der Waals surface area contributed by atoms with E-state index >= 15 is 4.39 Å². The van der Waals surface area contributed by atoms with E-state index in [0.717, 1.165) is 60.4 Å². The van der Waals surface area contributed by atoms with Crippen LogP contribution >= 0.6 is 11.6 Å². The topological polar surface area (TPSA) is 104 Å². The molecule has 0 bridgehead atoms. The van der Waals surface area contributed by atoms with E-state index in [1.54, 1.807) is 39.8 Å². The number of rotatable bonds is 11. The molecular weight excluding hydrogens is 645 g/mol. The number of halogens is 2. The Morgan fingerprint density at radius 2 is 1.79 bits per heavy atom. The molecule has 5 rings (SSSR count). The molecule has 47 heavy (non-hydrogen) atoms. The minimum Gasteiger partial charge on any atom is -0.373 e. The molecule has 1 aliphatic heterocycles. The van der Waals surface area contributed by atoms with Gasteiger partial charge in [0.15, 0.2) is 0 Å². The average Bonchev–Trinajstić information content (AvgIpc) is 3.36. The smallest absolute Gasteiger partial charge is 0.303 e. The first-order valence-electron chi connectivity index (χ1n) is 16.4. The molecule has 1 atom stereocenters. The van der Waals surface area contributed by atoms with Crippen LogP contribution in [-0.4, -0.2) is 98.4 Å². The van der Waals surface area contributed by atoms with E-state index < -0.39 is 21.9 Å². The van der Waals surface area contributed by atoms with Crippen LogP contribution in [0.25, 0.3) is 22.2 Å². The van der Waals surface area contributed by atoms with Gasteiger partial charge in [0.25, 0.3) is 5.91 Å². The number of hydrogen-bond donors (Lipinski definition) is 1. The van der Waals surface area contributed by atoms with Crippen LogP contribution in [0.2, 0.25) is 5.02 Å². The summed E-state index contributed by atoms with van der Waals surface area (Å²) in [6.07, 6.45) is 4.87. The maximum atomic E-state index is 15.8. The summed E-state index contributed by atoms with van der Waals surface area (Å²) in [5.41, 5.74) is 2.51. The standard InChI is InChI=1S/C34H45ClFN5O5S/c1-5-39(6-2)20-26-21-40(16-17-46-26)31(42)22-41-30-18-24(34(43)37-47(44,45)38(3)4)12-14-28(30)32(23-10-8-7-9-11-23)33(41)27-15-13-25(35)19-29(27)36/h12-15,18-19,23,26H,5-11,16-17,20-22H2,1-4H3,(H,37,43). The lowest BCUT2D eigenvalue weighted by atomic mass is 9.81. The van der Waals surface area contributed by atoms with Crippen molar-refractivity contribution < 1.29 is 27.1 Å². The first-order chi connectivity index (χ1) is 22.4. The van der Waals surface area contributed by atoms with Crippen molar-refractivity contribution in [3.05, 3.63) is 58.4 Å². The fourth-order valence-electron chi connectivity index (χ4n) is 6.79. The van der Waals surface area contributed by atoms with Crippen LogP contribution in [0.3, 0.4) is 0 Å². The van der Waals surface area contributed by atoms with Crippen LogP contribution in [0, 0.1) is 5.82 Å². The van der Waals surface area contributed by atoms with Crippen molar-refractivity contribution in [2.24, 2.45) is 0 Å².